The third-order valence-electron chi connectivity index (χ3n) is 6.32. The van der Waals surface area contributed by atoms with Crippen molar-refractivity contribution < 1.29 is 0 Å². The van der Waals surface area contributed by atoms with Crippen LogP contribution in [-0.4, -0.2) is 8.75 Å². The van der Waals surface area contributed by atoms with Gasteiger partial charge in [0.1, 0.15) is 11.0 Å². The molecule has 0 atom stereocenters. The van der Waals surface area contributed by atoms with E-state index in [9.17, 15) is 0 Å². The fraction of sp³-hybridized carbons (Fsp3) is 0.481. The number of aryl methyl sites for hydroxylation is 3. The number of nitrogens with zero attached hydrogens (tertiary/aromatic N) is 2. The van der Waals surface area contributed by atoms with Gasteiger partial charge in [0.15, 0.2) is 0 Å². The number of thiophene rings is 2. The van der Waals surface area contributed by atoms with Gasteiger partial charge in [-0.15, -0.1) is 22.7 Å². The van der Waals surface area contributed by atoms with Gasteiger partial charge in [-0.05, 0) is 71.8 Å². The first-order valence-electron chi connectivity index (χ1n) is 12.3. The minimum Gasteiger partial charge on any atom is -0.172 e. The second-order valence-corrected chi connectivity index (χ2v) is 13.0. The summed E-state index contributed by atoms with van der Waals surface area (Å²) in [6, 6.07) is 9.28. The van der Waals surface area contributed by atoms with Crippen LogP contribution in [0.4, 0.5) is 0 Å². The average molecular weight is 562 g/mol. The molecule has 0 aliphatic heterocycles. The van der Waals surface area contributed by atoms with E-state index < -0.39 is 0 Å². The molecule has 0 amide bonds. The van der Waals surface area contributed by atoms with Gasteiger partial charge < -0.3 is 0 Å². The van der Waals surface area contributed by atoms with E-state index in [1.54, 1.807) is 0 Å². The van der Waals surface area contributed by atoms with Crippen molar-refractivity contribution in [3.63, 3.8) is 0 Å². The molecular weight excluding hydrogens is 528 g/mol. The molecule has 0 saturated heterocycles. The van der Waals surface area contributed by atoms with Crippen LogP contribution in [-0.2, 0) is 12.8 Å². The number of hydrogen-bond acceptors (Lipinski definition) is 5. The van der Waals surface area contributed by atoms with E-state index in [1.165, 1.54) is 110 Å². The van der Waals surface area contributed by atoms with E-state index in [0.29, 0.717) is 0 Å². The molecule has 1 aromatic carbocycles. The average Bonchev–Trinajstić information content (AvgIpc) is 3.53. The van der Waals surface area contributed by atoms with Crippen molar-refractivity contribution >= 4 is 61.4 Å². The first-order valence-corrected chi connectivity index (χ1v) is 15.4. The Kier molecular flexibility index (Phi) is 9.14. The highest BCUT2D eigenvalue weighted by Crippen LogP contribution is 2.42. The molecular formula is C27H33BrN2S3. The van der Waals surface area contributed by atoms with Crippen LogP contribution in [0.15, 0.2) is 28.1 Å². The summed E-state index contributed by atoms with van der Waals surface area (Å²) in [4.78, 5) is 4.05. The molecule has 176 valence electrons. The van der Waals surface area contributed by atoms with Crippen LogP contribution in [0.3, 0.4) is 0 Å². The van der Waals surface area contributed by atoms with E-state index >= 15 is 0 Å². The fourth-order valence-corrected chi connectivity index (χ4v) is 7.83. The highest BCUT2D eigenvalue weighted by molar-refractivity contribution is 9.11. The molecule has 3 heterocycles. The lowest BCUT2D eigenvalue weighted by molar-refractivity contribution is 0.666. The normalized spacial score (nSPS) is 11.6. The molecule has 4 aromatic rings. The molecule has 0 fully saturated rings. The van der Waals surface area contributed by atoms with Crippen LogP contribution < -0.4 is 0 Å². The zero-order valence-corrected chi connectivity index (χ0v) is 23.9. The van der Waals surface area contributed by atoms with E-state index in [0.717, 1.165) is 17.5 Å². The highest BCUT2D eigenvalue weighted by atomic mass is 79.9. The van der Waals surface area contributed by atoms with E-state index in [1.807, 2.05) is 22.7 Å². The van der Waals surface area contributed by atoms with Gasteiger partial charge in [0, 0.05) is 25.8 Å². The monoisotopic (exact) mass is 560 g/mol. The first kappa shape index (κ1) is 25.0. The molecule has 0 spiro atoms. The van der Waals surface area contributed by atoms with Crippen LogP contribution in [0.25, 0.3) is 31.9 Å². The SMILES string of the molecule is CCCCCCc1cc(-c2ccc(-c3cc(CCCCCC)c(Br)s3)c3nsnc23)sc1C. The Morgan fingerprint density at radius 1 is 0.727 bits per heavy atom. The molecule has 4 rings (SSSR count). The summed E-state index contributed by atoms with van der Waals surface area (Å²) in [6.07, 6.45) is 12.7. The third-order valence-corrected chi connectivity index (χ3v) is 9.97. The second-order valence-electron chi connectivity index (χ2n) is 8.85. The van der Waals surface area contributed by atoms with Crippen molar-refractivity contribution in [1.82, 2.24) is 8.75 Å². The number of fused-ring (bicyclic) bond motifs is 1. The Labute approximate surface area is 218 Å². The van der Waals surface area contributed by atoms with Crippen molar-refractivity contribution in [2.24, 2.45) is 0 Å². The molecule has 0 N–H and O–H groups in total. The molecule has 2 nitrogen and oxygen atoms in total. The Morgan fingerprint density at radius 2 is 1.27 bits per heavy atom. The van der Waals surface area contributed by atoms with Gasteiger partial charge in [-0.1, -0.05) is 64.5 Å². The number of unbranched alkanes of at least 4 members (excludes halogenated alkanes) is 6. The molecule has 0 unspecified atom stereocenters. The van der Waals surface area contributed by atoms with E-state index in [-0.39, 0.29) is 0 Å². The van der Waals surface area contributed by atoms with Crippen LogP contribution in [0, 0.1) is 6.92 Å². The number of halogens is 1. The van der Waals surface area contributed by atoms with Crippen LogP contribution in [0.5, 0.6) is 0 Å². The minimum atomic E-state index is 1.04. The van der Waals surface area contributed by atoms with Gasteiger partial charge >= 0.3 is 0 Å². The quantitative estimate of drug-likeness (QED) is 0.161. The predicted molar refractivity (Wildman–Crippen MR) is 152 cm³/mol. The maximum atomic E-state index is 4.74. The summed E-state index contributed by atoms with van der Waals surface area (Å²) < 4.78 is 10.7. The molecule has 0 bridgehead atoms. The summed E-state index contributed by atoms with van der Waals surface area (Å²) in [6.45, 7) is 6.80. The Morgan fingerprint density at radius 3 is 1.88 bits per heavy atom. The maximum Gasteiger partial charge on any atom is 0.114 e. The lowest BCUT2D eigenvalue weighted by Crippen LogP contribution is -1.85. The lowest BCUT2D eigenvalue weighted by Gasteiger charge is -2.03. The van der Waals surface area contributed by atoms with Gasteiger partial charge in [0.25, 0.3) is 0 Å². The molecule has 0 aliphatic carbocycles. The van der Waals surface area contributed by atoms with Crippen LogP contribution >= 0.6 is 50.3 Å². The Balaban J connectivity index is 1.59. The van der Waals surface area contributed by atoms with Crippen LogP contribution in [0.2, 0.25) is 0 Å². The maximum absolute atomic E-state index is 4.74. The first-order chi connectivity index (χ1) is 16.1. The van der Waals surface area contributed by atoms with Crippen molar-refractivity contribution in [2.45, 2.75) is 85.0 Å². The van der Waals surface area contributed by atoms with Crippen molar-refractivity contribution in [2.75, 3.05) is 0 Å². The van der Waals surface area contributed by atoms with Gasteiger partial charge in [0.05, 0.1) is 15.5 Å². The van der Waals surface area contributed by atoms with Gasteiger partial charge in [-0.2, -0.15) is 8.75 Å². The molecule has 3 aromatic heterocycles. The van der Waals surface area contributed by atoms with Gasteiger partial charge in [0.2, 0.25) is 0 Å². The summed E-state index contributed by atoms with van der Waals surface area (Å²) >= 11 is 8.88. The minimum absolute atomic E-state index is 1.04. The second kappa shape index (κ2) is 12.1. The number of benzene rings is 1. The van der Waals surface area contributed by atoms with Crippen LogP contribution in [0.1, 0.15) is 81.2 Å². The van der Waals surface area contributed by atoms with Crippen molar-refractivity contribution in [3.8, 4) is 20.9 Å². The van der Waals surface area contributed by atoms with E-state index in [4.69, 9.17) is 8.75 Å². The number of rotatable bonds is 12. The number of aromatic nitrogens is 2. The topological polar surface area (TPSA) is 25.8 Å². The van der Waals surface area contributed by atoms with E-state index in [2.05, 4.69) is 61.0 Å². The van der Waals surface area contributed by atoms with Crippen molar-refractivity contribution in [3.05, 3.63) is 44.1 Å². The molecule has 0 aliphatic rings. The zero-order chi connectivity index (χ0) is 23.2. The summed E-state index contributed by atoms with van der Waals surface area (Å²) in [7, 11) is 0. The summed E-state index contributed by atoms with van der Waals surface area (Å²) in [5.41, 5.74) is 7.45. The number of hydrogen-bond donors (Lipinski definition) is 0. The smallest absolute Gasteiger partial charge is 0.114 e. The zero-order valence-electron chi connectivity index (χ0n) is 19.9. The van der Waals surface area contributed by atoms with Gasteiger partial charge in [-0.3, -0.25) is 0 Å². The highest BCUT2D eigenvalue weighted by Gasteiger charge is 2.18. The molecule has 0 saturated carbocycles. The van der Waals surface area contributed by atoms with Crippen molar-refractivity contribution in [1.29, 1.82) is 0 Å². The molecule has 33 heavy (non-hydrogen) atoms. The lowest BCUT2D eigenvalue weighted by atomic mass is 10.0. The molecule has 6 heteroatoms. The summed E-state index contributed by atoms with van der Waals surface area (Å²) in [5, 5.41) is 0. The Hall–Kier alpha value is -1.08. The summed E-state index contributed by atoms with van der Waals surface area (Å²) in [5.74, 6) is 0. The largest absolute Gasteiger partial charge is 0.172 e. The Bertz CT molecular complexity index is 1100. The molecule has 0 radical (unpaired) electrons. The van der Waals surface area contributed by atoms with Gasteiger partial charge in [-0.25, -0.2) is 0 Å². The fourth-order valence-electron chi connectivity index (χ4n) is 4.36. The third kappa shape index (κ3) is 5.95. The standard InChI is InChI=1S/C27H33BrN2S3/c1-4-6-8-10-12-19-16-23(31-18(19)3)21-14-15-22(26-25(21)29-33-30-26)24-17-20(27(28)32-24)13-11-9-7-5-2/h14-17H,4-13H2,1-3H3. The predicted octanol–water partition coefficient (Wildman–Crippen LogP) is 10.5.